The van der Waals surface area contributed by atoms with Crippen LogP contribution in [0.4, 0.5) is 5.69 Å². The predicted molar refractivity (Wildman–Crippen MR) is 78.8 cm³/mol. The molecule has 0 saturated heterocycles. The molecule has 2 aromatic rings. The van der Waals surface area contributed by atoms with Crippen LogP contribution >= 0.6 is 0 Å². The minimum atomic E-state index is -0.808. The molecule has 1 aliphatic rings. The highest BCUT2D eigenvalue weighted by atomic mass is 16.4. The zero-order chi connectivity index (χ0) is 14.8. The number of para-hydroxylation sites is 1. The summed E-state index contributed by atoms with van der Waals surface area (Å²) in [5, 5.41) is 12.9. The standard InChI is InChI=1S/C16H16N2O3/c19-15(11-6-7-12(9-11)16(20)21)18-13-5-1-3-10-4-2-8-17-14(10)13/h1-5,8,11-12H,6-7,9H2,(H,18,19)(H,20,21)/t11-,12+/m1/s1. The molecular weight excluding hydrogens is 268 g/mol. The Morgan fingerprint density at radius 2 is 1.90 bits per heavy atom. The number of carboxylic acids is 1. The molecule has 0 radical (unpaired) electrons. The van der Waals surface area contributed by atoms with Crippen LogP contribution in [0, 0.1) is 11.8 Å². The summed E-state index contributed by atoms with van der Waals surface area (Å²) < 4.78 is 0. The van der Waals surface area contributed by atoms with Crippen LogP contribution in [0.25, 0.3) is 10.9 Å². The molecular formula is C16H16N2O3. The zero-order valence-corrected chi connectivity index (χ0v) is 11.5. The number of pyridine rings is 1. The highest BCUT2D eigenvalue weighted by molar-refractivity contribution is 6.01. The first-order valence-electron chi connectivity index (χ1n) is 7.02. The van der Waals surface area contributed by atoms with Crippen molar-refractivity contribution in [3.05, 3.63) is 36.5 Å². The van der Waals surface area contributed by atoms with Crippen molar-refractivity contribution in [2.75, 3.05) is 5.32 Å². The third kappa shape index (κ3) is 2.72. The number of benzene rings is 1. The highest BCUT2D eigenvalue weighted by Gasteiger charge is 2.33. The minimum absolute atomic E-state index is 0.114. The lowest BCUT2D eigenvalue weighted by Crippen LogP contribution is -2.21. The molecule has 1 heterocycles. The van der Waals surface area contributed by atoms with Gasteiger partial charge in [-0.3, -0.25) is 14.6 Å². The number of carbonyl (C=O) groups is 2. The third-order valence-corrected chi connectivity index (χ3v) is 4.04. The van der Waals surface area contributed by atoms with Gasteiger partial charge in [-0.1, -0.05) is 18.2 Å². The van der Waals surface area contributed by atoms with Crippen molar-refractivity contribution >= 4 is 28.5 Å². The second kappa shape index (κ2) is 5.52. The zero-order valence-electron chi connectivity index (χ0n) is 11.5. The molecule has 2 N–H and O–H groups in total. The lowest BCUT2D eigenvalue weighted by Gasteiger charge is -2.12. The smallest absolute Gasteiger partial charge is 0.306 e. The van der Waals surface area contributed by atoms with Gasteiger partial charge in [0.2, 0.25) is 5.91 Å². The van der Waals surface area contributed by atoms with Gasteiger partial charge in [0.25, 0.3) is 0 Å². The van der Waals surface area contributed by atoms with E-state index in [2.05, 4.69) is 10.3 Å². The van der Waals surface area contributed by atoms with Crippen molar-refractivity contribution < 1.29 is 14.7 Å². The number of rotatable bonds is 3. The number of carbonyl (C=O) groups excluding carboxylic acids is 1. The summed E-state index contributed by atoms with van der Waals surface area (Å²) in [6, 6.07) is 9.41. The summed E-state index contributed by atoms with van der Waals surface area (Å²) in [6.45, 7) is 0. The van der Waals surface area contributed by atoms with Crippen LogP contribution < -0.4 is 5.32 Å². The van der Waals surface area contributed by atoms with Crippen LogP contribution in [-0.2, 0) is 9.59 Å². The SMILES string of the molecule is O=C(O)[C@H]1CC[C@@H](C(=O)Nc2cccc3cccnc23)C1. The van der Waals surface area contributed by atoms with Gasteiger partial charge in [0, 0.05) is 17.5 Å². The highest BCUT2D eigenvalue weighted by Crippen LogP contribution is 2.32. The first kappa shape index (κ1) is 13.5. The van der Waals surface area contributed by atoms with Crippen molar-refractivity contribution in [1.82, 2.24) is 4.98 Å². The lowest BCUT2D eigenvalue weighted by molar-refractivity contribution is -0.141. The molecule has 1 fully saturated rings. The molecule has 1 saturated carbocycles. The summed E-state index contributed by atoms with van der Waals surface area (Å²) in [5.74, 6) is -1.55. The Morgan fingerprint density at radius 1 is 1.14 bits per heavy atom. The van der Waals surface area contributed by atoms with Gasteiger partial charge in [-0.2, -0.15) is 0 Å². The Labute approximate surface area is 122 Å². The van der Waals surface area contributed by atoms with E-state index in [9.17, 15) is 9.59 Å². The molecule has 108 valence electrons. The van der Waals surface area contributed by atoms with Crippen molar-refractivity contribution in [2.24, 2.45) is 11.8 Å². The predicted octanol–water partition coefficient (Wildman–Crippen LogP) is 2.67. The summed E-state index contributed by atoms with van der Waals surface area (Å²) in [7, 11) is 0. The van der Waals surface area contributed by atoms with Crippen molar-refractivity contribution in [2.45, 2.75) is 19.3 Å². The van der Waals surface area contributed by atoms with Crippen LogP contribution in [0.3, 0.4) is 0 Å². The van der Waals surface area contributed by atoms with E-state index < -0.39 is 11.9 Å². The third-order valence-electron chi connectivity index (χ3n) is 4.04. The molecule has 0 bridgehead atoms. The lowest BCUT2D eigenvalue weighted by atomic mass is 10.0. The number of anilines is 1. The maximum absolute atomic E-state index is 12.3. The van der Waals surface area contributed by atoms with E-state index in [-0.39, 0.29) is 11.8 Å². The molecule has 0 spiro atoms. The van der Waals surface area contributed by atoms with Crippen molar-refractivity contribution in [3.8, 4) is 0 Å². The number of fused-ring (bicyclic) bond motifs is 1. The van der Waals surface area contributed by atoms with Crippen LogP contribution in [-0.4, -0.2) is 22.0 Å². The molecule has 5 nitrogen and oxygen atoms in total. The van der Waals surface area contributed by atoms with Crippen LogP contribution in [0.15, 0.2) is 36.5 Å². The topological polar surface area (TPSA) is 79.3 Å². The number of aliphatic carboxylic acids is 1. The fourth-order valence-corrected chi connectivity index (χ4v) is 2.88. The van der Waals surface area contributed by atoms with E-state index in [1.165, 1.54) is 0 Å². The summed E-state index contributed by atoms with van der Waals surface area (Å²) >= 11 is 0. The molecule has 2 atom stereocenters. The Balaban J connectivity index is 1.77. The van der Waals surface area contributed by atoms with E-state index in [4.69, 9.17) is 5.11 Å². The van der Waals surface area contributed by atoms with Gasteiger partial charge in [-0.25, -0.2) is 0 Å². The van der Waals surface area contributed by atoms with Gasteiger partial charge in [-0.15, -0.1) is 0 Å². The molecule has 0 aliphatic heterocycles. The second-order valence-corrected chi connectivity index (χ2v) is 5.42. The fraction of sp³-hybridized carbons (Fsp3) is 0.312. The molecule has 1 aromatic heterocycles. The Morgan fingerprint density at radius 3 is 2.67 bits per heavy atom. The summed E-state index contributed by atoms with van der Waals surface area (Å²) in [6.07, 6.45) is 3.30. The van der Waals surface area contributed by atoms with Gasteiger partial charge >= 0.3 is 5.97 Å². The first-order valence-corrected chi connectivity index (χ1v) is 7.02. The van der Waals surface area contributed by atoms with Crippen molar-refractivity contribution in [3.63, 3.8) is 0 Å². The summed E-state index contributed by atoms with van der Waals surface area (Å²) in [4.78, 5) is 27.6. The van der Waals surface area contributed by atoms with Gasteiger partial charge in [0.05, 0.1) is 17.1 Å². The molecule has 1 aliphatic carbocycles. The average molecular weight is 284 g/mol. The Bertz CT molecular complexity index is 693. The number of hydrogen-bond acceptors (Lipinski definition) is 3. The molecule has 0 unspecified atom stereocenters. The average Bonchev–Trinajstić information content (AvgIpc) is 2.98. The van der Waals surface area contributed by atoms with Crippen LogP contribution in [0.5, 0.6) is 0 Å². The number of nitrogens with one attached hydrogen (secondary N) is 1. The van der Waals surface area contributed by atoms with E-state index in [0.29, 0.717) is 24.9 Å². The van der Waals surface area contributed by atoms with Gasteiger partial charge < -0.3 is 10.4 Å². The maximum atomic E-state index is 12.3. The number of amides is 1. The van der Waals surface area contributed by atoms with Gasteiger partial charge in [-0.05, 0) is 31.4 Å². The quantitative estimate of drug-likeness (QED) is 0.908. The van der Waals surface area contributed by atoms with Gasteiger partial charge in [0.1, 0.15) is 0 Å². The van der Waals surface area contributed by atoms with E-state index in [1.807, 2.05) is 30.3 Å². The summed E-state index contributed by atoms with van der Waals surface area (Å²) in [5.41, 5.74) is 1.43. The molecule has 3 rings (SSSR count). The Hall–Kier alpha value is -2.43. The molecule has 21 heavy (non-hydrogen) atoms. The largest absolute Gasteiger partial charge is 0.481 e. The van der Waals surface area contributed by atoms with E-state index in [1.54, 1.807) is 6.20 Å². The fourth-order valence-electron chi connectivity index (χ4n) is 2.88. The number of hydrogen-bond donors (Lipinski definition) is 2. The number of aromatic nitrogens is 1. The van der Waals surface area contributed by atoms with E-state index in [0.717, 1.165) is 10.9 Å². The van der Waals surface area contributed by atoms with E-state index >= 15 is 0 Å². The molecule has 5 heteroatoms. The number of carboxylic acid groups (broad SMARTS) is 1. The van der Waals surface area contributed by atoms with Crippen molar-refractivity contribution in [1.29, 1.82) is 0 Å². The maximum Gasteiger partial charge on any atom is 0.306 e. The normalized spacial score (nSPS) is 21.3. The van der Waals surface area contributed by atoms with Crippen LogP contribution in [0.1, 0.15) is 19.3 Å². The van der Waals surface area contributed by atoms with Gasteiger partial charge in [0.15, 0.2) is 0 Å². The molecule has 1 aromatic carbocycles. The second-order valence-electron chi connectivity index (χ2n) is 5.42. The monoisotopic (exact) mass is 284 g/mol. The minimum Gasteiger partial charge on any atom is -0.481 e. The Kier molecular flexibility index (Phi) is 3.56. The molecule has 1 amide bonds. The number of nitrogens with zero attached hydrogens (tertiary/aromatic N) is 1. The first-order chi connectivity index (χ1) is 10.1. The van der Waals surface area contributed by atoms with Crippen LogP contribution in [0.2, 0.25) is 0 Å².